The third-order valence-electron chi connectivity index (χ3n) is 2.39. The van der Waals surface area contributed by atoms with Gasteiger partial charge in [-0.05, 0) is 24.6 Å². The zero-order valence-corrected chi connectivity index (χ0v) is 10.8. The molecule has 0 radical (unpaired) electrons. The summed E-state index contributed by atoms with van der Waals surface area (Å²) in [7, 11) is -4.31. The maximum atomic E-state index is 13.4. The fourth-order valence-electron chi connectivity index (χ4n) is 1.45. The molecule has 1 N–H and O–H groups in total. The minimum atomic E-state index is -4.50. The molecular formula is C11H10F4O4S. The summed E-state index contributed by atoms with van der Waals surface area (Å²) in [4.78, 5) is 9.77. The Morgan fingerprint density at radius 3 is 2.35 bits per heavy atom. The molecule has 0 unspecified atom stereocenters. The average molecular weight is 314 g/mol. The van der Waals surface area contributed by atoms with Crippen molar-refractivity contribution in [3.8, 4) is 0 Å². The molecule has 1 aromatic carbocycles. The maximum Gasteiger partial charge on any atom is 0.389 e. The van der Waals surface area contributed by atoms with Crippen molar-refractivity contribution in [3.05, 3.63) is 29.6 Å². The predicted octanol–water partition coefficient (Wildman–Crippen LogP) is 2.64. The smallest absolute Gasteiger partial charge is 0.389 e. The van der Waals surface area contributed by atoms with E-state index in [0.29, 0.717) is 12.1 Å². The van der Waals surface area contributed by atoms with Crippen molar-refractivity contribution in [2.24, 2.45) is 0 Å². The van der Waals surface area contributed by atoms with E-state index < -0.39 is 56.9 Å². The minimum Gasteiger partial charge on any atom is -0.478 e. The largest absolute Gasteiger partial charge is 0.478 e. The Kier molecular flexibility index (Phi) is 4.74. The molecule has 0 aliphatic rings. The molecule has 4 nitrogen and oxygen atoms in total. The molecule has 0 saturated heterocycles. The molecule has 0 spiro atoms. The van der Waals surface area contributed by atoms with E-state index in [2.05, 4.69) is 0 Å². The molecule has 112 valence electrons. The summed E-state index contributed by atoms with van der Waals surface area (Å²) in [6, 6.07) is 2.12. The van der Waals surface area contributed by atoms with Crippen LogP contribution in [0, 0.1) is 5.82 Å². The SMILES string of the molecule is O=C(O)c1ccc(F)c(S(=O)(=O)CCCC(F)(F)F)c1. The van der Waals surface area contributed by atoms with Crippen LogP contribution in [0.2, 0.25) is 0 Å². The van der Waals surface area contributed by atoms with Crippen molar-refractivity contribution in [1.82, 2.24) is 0 Å². The molecule has 9 heteroatoms. The molecule has 0 heterocycles. The van der Waals surface area contributed by atoms with E-state index in [1.165, 1.54) is 0 Å². The monoisotopic (exact) mass is 314 g/mol. The Balaban J connectivity index is 2.97. The summed E-state index contributed by atoms with van der Waals surface area (Å²) in [6.45, 7) is 0. The fourth-order valence-corrected chi connectivity index (χ4v) is 2.86. The van der Waals surface area contributed by atoms with Crippen LogP contribution in [-0.4, -0.2) is 31.4 Å². The van der Waals surface area contributed by atoms with Gasteiger partial charge < -0.3 is 5.11 Å². The first-order valence-electron chi connectivity index (χ1n) is 5.35. The van der Waals surface area contributed by atoms with Gasteiger partial charge in [0, 0.05) is 6.42 Å². The number of benzene rings is 1. The van der Waals surface area contributed by atoms with Gasteiger partial charge in [0.25, 0.3) is 0 Å². The van der Waals surface area contributed by atoms with Crippen molar-refractivity contribution in [2.45, 2.75) is 23.9 Å². The number of carbonyl (C=O) groups is 1. The normalized spacial score (nSPS) is 12.4. The van der Waals surface area contributed by atoms with Gasteiger partial charge in [-0.3, -0.25) is 0 Å². The molecule has 0 bridgehead atoms. The number of carboxylic acid groups (broad SMARTS) is 1. The summed E-state index contributed by atoms with van der Waals surface area (Å²) in [6.07, 6.45) is -6.54. The highest BCUT2D eigenvalue weighted by molar-refractivity contribution is 7.91. The molecule has 0 fully saturated rings. The Hall–Kier alpha value is -1.64. The zero-order valence-electron chi connectivity index (χ0n) is 9.95. The summed E-state index contributed by atoms with van der Waals surface area (Å²) in [5.41, 5.74) is -0.458. The van der Waals surface area contributed by atoms with Crippen LogP contribution in [0.1, 0.15) is 23.2 Å². The van der Waals surface area contributed by atoms with E-state index in [1.807, 2.05) is 0 Å². The fraction of sp³-hybridized carbons (Fsp3) is 0.364. The van der Waals surface area contributed by atoms with E-state index in [0.717, 1.165) is 6.07 Å². The molecule has 0 aromatic heterocycles. The van der Waals surface area contributed by atoms with E-state index in [9.17, 15) is 30.8 Å². The average Bonchev–Trinajstić information content (AvgIpc) is 2.26. The van der Waals surface area contributed by atoms with Gasteiger partial charge in [0.2, 0.25) is 0 Å². The van der Waals surface area contributed by atoms with Gasteiger partial charge in [-0.15, -0.1) is 0 Å². The van der Waals surface area contributed by atoms with Gasteiger partial charge in [-0.1, -0.05) is 0 Å². The third-order valence-corrected chi connectivity index (χ3v) is 4.20. The van der Waals surface area contributed by atoms with Gasteiger partial charge in [0.1, 0.15) is 10.7 Å². The van der Waals surface area contributed by atoms with Crippen LogP contribution in [0.5, 0.6) is 0 Å². The Bertz CT molecular complexity index is 607. The highest BCUT2D eigenvalue weighted by atomic mass is 32.2. The summed E-state index contributed by atoms with van der Waals surface area (Å²) < 4.78 is 72.6. The lowest BCUT2D eigenvalue weighted by Gasteiger charge is -2.08. The highest BCUT2D eigenvalue weighted by Crippen LogP contribution is 2.24. The van der Waals surface area contributed by atoms with Crippen LogP contribution < -0.4 is 0 Å². The number of hydrogen-bond donors (Lipinski definition) is 1. The molecule has 0 aliphatic heterocycles. The van der Waals surface area contributed by atoms with Crippen molar-refractivity contribution < 1.29 is 35.9 Å². The number of aromatic carboxylic acids is 1. The van der Waals surface area contributed by atoms with Crippen molar-refractivity contribution in [1.29, 1.82) is 0 Å². The predicted molar refractivity (Wildman–Crippen MR) is 60.7 cm³/mol. The second-order valence-corrected chi connectivity index (χ2v) is 6.07. The number of alkyl halides is 3. The molecule has 1 aromatic rings. The highest BCUT2D eigenvalue weighted by Gasteiger charge is 2.28. The standard InChI is InChI=1S/C11H10F4O4S/c12-8-3-2-7(10(16)17)6-9(8)20(18,19)5-1-4-11(13,14)15/h2-3,6H,1,4-5H2,(H,16,17). The van der Waals surface area contributed by atoms with E-state index in [1.54, 1.807) is 0 Å². The van der Waals surface area contributed by atoms with Gasteiger partial charge in [0.15, 0.2) is 9.84 Å². The first-order valence-corrected chi connectivity index (χ1v) is 7.00. The topological polar surface area (TPSA) is 71.4 Å². The summed E-state index contributed by atoms with van der Waals surface area (Å²) in [5.74, 6) is -3.56. The first kappa shape index (κ1) is 16.4. The molecule has 20 heavy (non-hydrogen) atoms. The number of sulfone groups is 1. The zero-order chi connectivity index (χ0) is 15.6. The van der Waals surface area contributed by atoms with E-state index >= 15 is 0 Å². The number of halogens is 4. The molecule has 0 amide bonds. The lowest BCUT2D eigenvalue weighted by Crippen LogP contribution is -2.14. The van der Waals surface area contributed by atoms with Gasteiger partial charge in [0.05, 0.1) is 11.3 Å². The first-order chi connectivity index (χ1) is 9.03. The van der Waals surface area contributed by atoms with Gasteiger partial charge in [-0.25, -0.2) is 17.6 Å². The van der Waals surface area contributed by atoms with Crippen molar-refractivity contribution >= 4 is 15.8 Å². The Morgan fingerprint density at radius 1 is 1.25 bits per heavy atom. The summed E-state index contributed by atoms with van der Waals surface area (Å²) in [5, 5.41) is 8.68. The second kappa shape index (κ2) is 5.78. The third kappa shape index (κ3) is 4.48. The van der Waals surface area contributed by atoms with Crippen LogP contribution in [0.25, 0.3) is 0 Å². The molecule has 0 atom stereocenters. The number of hydrogen-bond acceptors (Lipinski definition) is 3. The second-order valence-electron chi connectivity index (χ2n) is 3.99. The van der Waals surface area contributed by atoms with Crippen molar-refractivity contribution in [3.63, 3.8) is 0 Å². The minimum absolute atomic E-state index is 0.458. The van der Waals surface area contributed by atoms with Gasteiger partial charge in [-0.2, -0.15) is 13.2 Å². The van der Waals surface area contributed by atoms with Crippen LogP contribution in [-0.2, 0) is 9.84 Å². The summed E-state index contributed by atoms with van der Waals surface area (Å²) >= 11 is 0. The number of carboxylic acids is 1. The van der Waals surface area contributed by atoms with Crippen LogP contribution in [0.15, 0.2) is 23.1 Å². The van der Waals surface area contributed by atoms with Crippen LogP contribution in [0.3, 0.4) is 0 Å². The Morgan fingerprint density at radius 2 is 1.85 bits per heavy atom. The Labute approximate surface area is 111 Å². The quantitative estimate of drug-likeness (QED) is 0.848. The molecular weight excluding hydrogens is 304 g/mol. The van der Waals surface area contributed by atoms with Crippen LogP contribution in [0.4, 0.5) is 17.6 Å². The van der Waals surface area contributed by atoms with Crippen molar-refractivity contribution in [2.75, 3.05) is 5.75 Å². The van der Waals surface area contributed by atoms with Crippen LogP contribution >= 0.6 is 0 Å². The molecule has 0 aliphatic carbocycles. The molecule has 1 rings (SSSR count). The van der Waals surface area contributed by atoms with E-state index in [4.69, 9.17) is 5.11 Å². The van der Waals surface area contributed by atoms with E-state index in [-0.39, 0.29) is 0 Å². The lowest BCUT2D eigenvalue weighted by molar-refractivity contribution is -0.134. The van der Waals surface area contributed by atoms with Gasteiger partial charge >= 0.3 is 12.1 Å². The maximum absolute atomic E-state index is 13.4. The number of rotatable bonds is 5. The lowest BCUT2D eigenvalue weighted by atomic mass is 10.2. The molecule has 0 saturated carbocycles.